The average molecular weight is 621 g/mol. The molecule has 2 heteroatoms. The molecule has 0 heterocycles. The molecule has 0 aromatic heterocycles. The number of unbranched alkanes of at least 4 members (excludes halogenated alkanes) is 16. The molecule has 0 fully saturated rings. The van der Waals surface area contributed by atoms with Crippen molar-refractivity contribution < 1.29 is 9.53 Å². The van der Waals surface area contributed by atoms with Gasteiger partial charge in [-0.2, -0.15) is 0 Å². The SMILES string of the molecule is CCCCCCCCCCCCCCCCCC(=O)OCCC(C(CC)CCCCC)C(CCC)CCCC(CC)CCC. The maximum atomic E-state index is 12.6. The van der Waals surface area contributed by atoms with Crippen LogP contribution in [0.15, 0.2) is 0 Å². The Balaban J connectivity index is 4.38. The Labute approximate surface area is 279 Å². The van der Waals surface area contributed by atoms with E-state index < -0.39 is 0 Å². The van der Waals surface area contributed by atoms with Gasteiger partial charge in [-0.3, -0.25) is 4.79 Å². The van der Waals surface area contributed by atoms with Crippen LogP contribution in [-0.4, -0.2) is 12.6 Å². The van der Waals surface area contributed by atoms with Gasteiger partial charge >= 0.3 is 5.97 Å². The minimum absolute atomic E-state index is 0.0508. The largest absolute Gasteiger partial charge is 0.466 e. The van der Waals surface area contributed by atoms with Crippen molar-refractivity contribution in [3.05, 3.63) is 0 Å². The highest BCUT2D eigenvalue weighted by Gasteiger charge is 2.28. The lowest BCUT2D eigenvalue weighted by molar-refractivity contribution is -0.144. The number of ether oxygens (including phenoxy) is 1. The molecule has 2 nitrogen and oxygen atoms in total. The molecule has 0 aliphatic carbocycles. The van der Waals surface area contributed by atoms with Crippen LogP contribution in [0.5, 0.6) is 0 Å². The number of carbonyl (C=O) groups is 1. The van der Waals surface area contributed by atoms with Crippen molar-refractivity contribution in [3.8, 4) is 0 Å². The molecular weight excluding hydrogens is 536 g/mol. The first-order valence-electron chi connectivity index (χ1n) is 20.7. The summed E-state index contributed by atoms with van der Waals surface area (Å²) in [4.78, 5) is 12.6. The van der Waals surface area contributed by atoms with Crippen LogP contribution in [0.1, 0.15) is 234 Å². The average Bonchev–Trinajstić information content (AvgIpc) is 3.03. The number of esters is 1. The zero-order valence-corrected chi connectivity index (χ0v) is 31.5. The van der Waals surface area contributed by atoms with E-state index in [1.54, 1.807) is 0 Å². The van der Waals surface area contributed by atoms with Crippen molar-refractivity contribution in [2.75, 3.05) is 6.61 Å². The van der Waals surface area contributed by atoms with Crippen LogP contribution < -0.4 is 0 Å². The van der Waals surface area contributed by atoms with E-state index in [0.717, 1.165) is 30.6 Å². The van der Waals surface area contributed by atoms with Crippen LogP contribution in [0.2, 0.25) is 0 Å². The van der Waals surface area contributed by atoms with Crippen LogP contribution in [0.3, 0.4) is 0 Å². The van der Waals surface area contributed by atoms with Crippen LogP contribution >= 0.6 is 0 Å². The first-order valence-corrected chi connectivity index (χ1v) is 20.7. The third kappa shape index (κ3) is 25.6. The van der Waals surface area contributed by atoms with Crippen LogP contribution in [0.25, 0.3) is 0 Å². The van der Waals surface area contributed by atoms with E-state index in [4.69, 9.17) is 4.74 Å². The summed E-state index contributed by atoms with van der Waals surface area (Å²) in [6.07, 6.45) is 39.5. The highest BCUT2D eigenvalue weighted by Crippen LogP contribution is 2.37. The molecule has 4 unspecified atom stereocenters. The first-order chi connectivity index (χ1) is 21.6. The van der Waals surface area contributed by atoms with Gasteiger partial charge < -0.3 is 4.74 Å². The van der Waals surface area contributed by atoms with Gasteiger partial charge in [-0.05, 0) is 36.5 Å². The zero-order chi connectivity index (χ0) is 32.5. The summed E-state index contributed by atoms with van der Waals surface area (Å²) in [5.41, 5.74) is 0. The molecule has 0 spiro atoms. The molecule has 0 aliphatic heterocycles. The van der Waals surface area contributed by atoms with Crippen molar-refractivity contribution in [1.29, 1.82) is 0 Å². The van der Waals surface area contributed by atoms with Gasteiger partial charge in [0, 0.05) is 6.42 Å². The molecule has 0 saturated carbocycles. The molecule has 0 saturated heterocycles. The molecule has 0 aromatic carbocycles. The first kappa shape index (κ1) is 43.5. The fourth-order valence-electron chi connectivity index (χ4n) is 7.83. The summed E-state index contributed by atoms with van der Waals surface area (Å²) in [5, 5.41) is 0. The smallest absolute Gasteiger partial charge is 0.305 e. The van der Waals surface area contributed by atoms with E-state index in [9.17, 15) is 4.79 Å². The third-order valence-electron chi connectivity index (χ3n) is 10.7. The summed E-state index contributed by atoms with van der Waals surface area (Å²) in [7, 11) is 0. The fourth-order valence-corrected chi connectivity index (χ4v) is 7.83. The molecule has 44 heavy (non-hydrogen) atoms. The Hall–Kier alpha value is -0.530. The standard InChI is InChI=1S/C42H84O2/c1-7-13-15-16-17-18-19-20-21-22-23-24-25-26-28-35-42(43)44-37-36-41(39(12-6)33-27-14-8-2)40(31-10-4)34-29-32-38(11-5)30-9-3/h38-41H,7-37H2,1-6H3. The van der Waals surface area contributed by atoms with Gasteiger partial charge in [0.2, 0.25) is 0 Å². The van der Waals surface area contributed by atoms with E-state index in [1.165, 1.54) is 173 Å². The molecule has 0 bridgehead atoms. The summed E-state index contributed by atoms with van der Waals surface area (Å²) in [6, 6.07) is 0. The molecule has 0 aliphatic rings. The molecule has 0 N–H and O–H groups in total. The van der Waals surface area contributed by atoms with E-state index in [2.05, 4.69) is 41.5 Å². The molecule has 0 aromatic rings. The minimum atomic E-state index is 0.0508. The van der Waals surface area contributed by atoms with Crippen LogP contribution in [0, 0.1) is 23.7 Å². The topological polar surface area (TPSA) is 26.3 Å². The van der Waals surface area contributed by atoms with Crippen molar-refractivity contribution in [2.24, 2.45) is 23.7 Å². The Morgan fingerprint density at radius 3 is 1.43 bits per heavy atom. The lowest BCUT2D eigenvalue weighted by Gasteiger charge is -2.34. The second kappa shape index (κ2) is 33.8. The normalized spacial score (nSPS) is 14.4. The monoisotopic (exact) mass is 621 g/mol. The van der Waals surface area contributed by atoms with E-state index in [1.807, 2.05) is 0 Å². The molecule has 0 rings (SSSR count). The maximum absolute atomic E-state index is 12.6. The maximum Gasteiger partial charge on any atom is 0.305 e. The summed E-state index contributed by atoms with van der Waals surface area (Å²) < 4.78 is 5.89. The molecule has 0 amide bonds. The van der Waals surface area contributed by atoms with Gasteiger partial charge in [-0.1, -0.05) is 215 Å². The lowest BCUT2D eigenvalue weighted by Crippen LogP contribution is -2.26. The highest BCUT2D eigenvalue weighted by molar-refractivity contribution is 5.69. The quantitative estimate of drug-likeness (QED) is 0.0520. The van der Waals surface area contributed by atoms with Gasteiger partial charge in [0.15, 0.2) is 0 Å². The van der Waals surface area contributed by atoms with E-state index in [0.29, 0.717) is 18.9 Å². The highest BCUT2D eigenvalue weighted by atomic mass is 16.5. The van der Waals surface area contributed by atoms with Crippen molar-refractivity contribution in [3.63, 3.8) is 0 Å². The molecule has 4 atom stereocenters. The predicted octanol–water partition coefficient (Wildman–Crippen LogP) is 14.8. The Bertz CT molecular complexity index is 572. The van der Waals surface area contributed by atoms with E-state index >= 15 is 0 Å². The number of hydrogen-bond acceptors (Lipinski definition) is 2. The Morgan fingerprint density at radius 2 is 0.932 bits per heavy atom. The summed E-state index contributed by atoms with van der Waals surface area (Å²) >= 11 is 0. The second-order valence-electron chi connectivity index (χ2n) is 14.6. The van der Waals surface area contributed by atoms with E-state index in [-0.39, 0.29) is 5.97 Å². The van der Waals surface area contributed by atoms with Gasteiger partial charge in [0.1, 0.15) is 0 Å². The Morgan fingerprint density at radius 1 is 0.432 bits per heavy atom. The fraction of sp³-hybridized carbons (Fsp3) is 0.976. The van der Waals surface area contributed by atoms with Crippen LogP contribution in [-0.2, 0) is 9.53 Å². The lowest BCUT2D eigenvalue weighted by atomic mass is 9.72. The molecule has 264 valence electrons. The number of rotatable bonds is 35. The second-order valence-corrected chi connectivity index (χ2v) is 14.6. The molecular formula is C42H84O2. The van der Waals surface area contributed by atoms with Crippen LogP contribution in [0.4, 0.5) is 0 Å². The van der Waals surface area contributed by atoms with Crippen molar-refractivity contribution in [2.45, 2.75) is 234 Å². The van der Waals surface area contributed by atoms with Crippen molar-refractivity contribution >= 4 is 5.97 Å². The number of carbonyl (C=O) groups excluding carboxylic acids is 1. The van der Waals surface area contributed by atoms with Gasteiger partial charge in [-0.15, -0.1) is 0 Å². The predicted molar refractivity (Wildman–Crippen MR) is 197 cm³/mol. The summed E-state index contributed by atoms with van der Waals surface area (Å²) in [5.74, 6) is 3.24. The number of hydrogen-bond donors (Lipinski definition) is 0. The van der Waals surface area contributed by atoms with Crippen molar-refractivity contribution in [1.82, 2.24) is 0 Å². The van der Waals surface area contributed by atoms with Gasteiger partial charge in [0.25, 0.3) is 0 Å². The molecule has 0 radical (unpaired) electrons. The summed E-state index contributed by atoms with van der Waals surface area (Å²) in [6.45, 7) is 14.7. The van der Waals surface area contributed by atoms with Gasteiger partial charge in [0.05, 0.1) is 6.61 Å². The Kier molecular flexibility index (Phi) is 33.4. The zero-order valence-electron chi connectivity index (χ0n) is 31.5. The van der Waals surface area contributed by atoms with Gasteiger partial charge in [-0.25, -0.2) is 0 Å². The minimum Gasteiger partial charge on any atom is -0.466 e. The third-order valence-corrected chi connectivity index (χ3v) is 10.7.